The van der Waals surface area contributed by atoms with Crippen LogP contribution in [0.3, 0.4) is 0 Å². The van der Waals surface area contributed by atoms with Crippen molar-refractivity contribution in [3.05, 3.63) is 95.3 Å². The molecule has 1 N–H and O–H groups in total. The van der Waals surface area contributed by atoms with Crippen molar-refractivity contribution < 1.29 is 18.7 Å². The minimum Gasteiger partial charge on any atom is -0.496 e. The molecule has 2 aliphatic rings. The van der Waals surface area contributed by atoms with E-state index in [4.69, 9.17) is 4.74 Å². The maximum atomic E-state index is 14.2. The van der Waals surface area contributed by atoms with Gasteiger partial charge >= 0.3 is 0 Å². The number of thioether (sulfide) groups is 1. The minimum atomic E-state index is -0.872. The Balaban J connectivity index is 1.33. The molecular weight excluding hydrogens is 479 g/mol. The number of hydrogen-bond donors (Lipinski definition) is 1. The van der Waals surface area contributed by atoms with Crippen LogP contribution >= 0.6 is 11.8 Å². The van der Waals surface area contributed by atoms with E-state index >= 15 is 0 Å². The highest BCUT2D eigenvalue weighted by Gasteiger charge is 2.42. The second-order valence-electron chi connectivity index (χ2n) is 8.23. The Bertz CT molecular complexity index is 1390. The third-order valence-corrected chi connectivity index (χ3v) is 6.90. The van der Waals surface area contributed by atoms with Gasteiger partial charge in [0.2, 0.25) is 5.91 Å². The van der Waals surface area contributed by atoms with Gasteiger partial charge in [0, 0.05) is 23.4 Å². The number of carbonyl (C=O) groups is 2. The van der Waals surface area contributed by atoms with E-state index < -0.39 is 6.04 Å². The second kappa shape index (κ2) is 10.3. The lowest BCUT2D eigenvalue weighted by Crippen LogP contribution is -2.42. The Morgan fingerprint density at radius 1 is 1.06 bits per heavy atom. The largest absolute Gasteiger partial charge is 0.496 e. The molecule has 0 aliphatic carbocycles. The standard InChI is InChI=1S/C27H23FN4O3S/c1-35-23-13-7-3-8-17(23)15-29-24(33)14-22-26(34)32-25(30-22)19-10-4-6-12-21(19)31-27(32)36-16-18-9-2-5-11-20(18)28/h2-13,22H,14-16H2,1H3,(H,29,33)/t22-/m1/s1. The summed E-state index contributed by atoms with van der Waals surface area (Å²) in [5, 5.41) is 3.26. The van der Waals surface area contributed by atoms with Crippen LogP contribution in [-0.2, 0) is 21.9 Å². The zero-order valence-electron chi connectivity index (χ0n) is 19.5. The monoisotopic (exact) mass is 502 g/mol. The Labute approximate surface area is 212 Å². The fraction of sp³-hybridized carbons (Fsp3) is 0.185. The normalized spacial score (nSPS) is 16.1. The summed E-state index contributed by atoms with van der Waals surface area (Å²) in [4.78, 5) is 36.9. The van der Waals surface area contributed by atoms with Gasteiger partial charge < -0.3 is 10.1 Å². The smallest absolute Gasteiger partial charge is 0.259 e. The van der Waals surface area contributed by atoms with E-state index in [0.29, 0.717) is 33.8 Å². The lowest BCUT2D eigenvalue weighted by Gasteiger charge is -2.25. The van der Waals surface area contributed by atoms with Gasteiger partial charge in [-0.3, -0.25) is 14.6 Å². The average molecular weight is 503 g/mol. The third-order valence-electron chi connectivity index (χ3n) is 5.91. The first-order valence-corrected chi connectivity index (χ1v) is 12.4. The van der Waals surface area contributed by atoms with Crippen molar-refractivity contribution in [3.8, 4) is 5.75 Å². The molecule has 0 aromatic heterocycles. The summed E-state index contributed by atoms with van der Waals surface area (Å²) in [5.74, 6) is 0.504. The summed E-state index contributed by atoms with van der Waals surface area (Å²) in [6, 6.07) is 20.5. The Morgan fingerprint density at radius 2 is 1.78 bits per heavy atom. The van der Waals surface area contributed by atoms with Gasteiger partial charge in [0.1, 0.15) is 23.4 Å². The molecule has 0 unspecified atom stereocenters. The summed E-state index contributed by atoms with van der Waals surface area (Å²) in [6.45, 7) is 0.276. The third kappa shape index (κ3) is 4.74. The Morgan fingerprint density at radius 3 is 2.58 bits per heavy atom. The molecule has 0 bridgehead atoms. The molecule has 182 valence electrons. The second-order valence-corrected chi connectivity index (χ2v) is 9.17. The van der Waals surface area contributed by atoms with E-state index in [-0.39, 0.29) is 30.6 Å². The highest BCUT2D eigenvalue weighted by molar-refractivity contribution is 8.13. The fourth-order valence-corrected chi connectivity index (χ4v) is 5.07. The van der Waals surface area contributed by atoms with Crippen molar-refractivity contribution in [1.29, 1.82) is 0 Å². The summed E-state index contributed by atoms with van der Waals surface area (Å²) < 4.78 is 19.5. The molecule has 3 aromatic carbocycles. The van der Waals surface area contributed by atoms with Crippen LogP contribution in [0.25, 0.3) is 0 Å². The predicted molar refractivity (Wildman–Crippen MR) is 138 cm³/mol. The lowest BCUT2D eigenvalue weighted by molar-refractivity contribution is -0.128. The fourth-order valence-electron chi connectivity index (χ4n) is 4.08. The first kappa shape index (κ1) is 23.7. The van der Waals surface area contributed by atoms with Gasteiger partial charge in [0.05, 0.1) is 19.2 Å². The van der Waals surface area contributed by atoms with Crippen LogP contribution in [0.4, 0.5) is 10.1 Å². The number of halogens is 1. The van der Waals surface area contributed by atoms with Crippen LogP contribution in [0.5, 0.6) is 5.75 Å². The number of para-hydroxylation sites is 2. The number of ether oxygens (including phenoxy) is 1. The Hall–Kier alpha value is -3.98. The summed E-state index contributed by atoms with van der Waals surface area (Å²) in [7, 11) is 1.57. The minimum absolute atomic E-state index is 0.0958. The molecule has 5 rings (SSSR count). The molecule has 0 saturated carbocycles. The average Bonchev–Trinajstić information content (AvgIpc) is 3.23. The van der Waals surface area contributed by atoms with Crippen molar-refractivity contribution in [2.24, 2.45) is 9.98 Å². The zero-order chi connectivity index (χ0) is 25.1. The van der Waals surface area contributed by atoms with Crippen LogP contribution in [-0.4, -0.2) is 40.9 Å². The highest BCUT2D eigenvalue weighted by Crippen LogP contribution is 2.35. The van der Waals surface area contributed by atoms with Crippen molar-refractivity contribution in [1.82, 2.24) is 10.2 Å². The van der Waals surface area contributed by atoms with Gasteiger partial charge in [-0.05, 0) is 29.8 Å². The number of benzene rings is 3. The quantitative estimate of drug-likeness (QED) is 0.518. The Kier molecular flexibility index (Phi) is 6.81. The van der Waals surface area contributed by atoms with Gasteiger partial charge in [0.15, 0.2) is 5.17 Å². The molecule has 1 atom stereocenters. The number of amides is 2. The van der Waals surface area contributed by atoms with Gasteiger partial charge in [-0.1, -0.05) is 60.3 Å². The summed E-state index contributed by atoms with van der Waals surface area (Å²) in [6.07, 6.45) is -0.0958. The first-order valence-electron chi connectivity index (χ1n) is 11.4. The van der Waals surface area contributed by atoms with E-state index in [1.54, 1.807) is 25.3 Å². The van der Waals surface area contributed by atoms with Crippen LogP contribution in [0.15, 0.2) is 82.8 Å². The number of carbonyl (C=O) groups excluding carboxylic acids is 2. The van der Waals surface area contributed by atoms with Crippen molar-refractivity contribution in [2.45, 2.75) is 24.8 Å². The van der Waals surface area contributed by atoms with Gasteiger partial charge in [-0.15, -0.1) is 0 Å². The number of amidine groups is 2. The molecule has 2 heterocycles. The number of aliphatic imine (C=N–C) groups is 2. The van der Waals surface area contributed by atoms with E-state index in [1.165, 1.54) is 22.7 Å². The highest BCUT2D eigenvalue weighted by atomic mass is 32.2. The number of rotatable bonds is 7. The summed E-state index contributed by atoms with van der Waals surface area (Å²) >= 11 is 1.26. The molecule has 9 heteroatoms. The van der Waals surface area contributed by atoms with E-state index in [9.17, 15) is 14.0 Å². The van der Waals surface area contributed by atoms with Gasteiger partial charge in [-0.2, -0.15) is 0 Å². The molecule has 3 aromatic rings. The zero-order valence-corrected chi connectivity index (χ0v) is 20.3. The van der Waals surface area contributed by atoms with Crippen LogP contribution < -0.4 is 10.1 Å². The van der Waals surface area contributed by atoms with Gasteiger partial charge in [0.25, 0.3) is 5.91 Å². The molecule has 0 spiro atoms. The SMILES string of the molecule is COc1ccccc1CNC(=O)C[C@H]1N=C2c3ccccc3N=C(SCc3ccccc3F)N2C1=O. The molecule has 2 amide bonds. The van der Waals surface area contributed by atoms with E-state index in [1.807, 2.05) is 48.5 Å². The van der Waals surface area contributed by atoms with E-state index in [2.05, 4.69) is 15.3 Å². The van der Waals surface area contributed by atoms with Crippen molar-refractivity contribution in [3.63, 3.8) is 0 Å². The van der Waals surface area contributed by atoms with Gasteiger partial charge in [-0.25, -0.2) is 14.3 Å². The first-order chi connectivity index (χ1) is 17.5. The molecule has 0 radical (unpaired) electrons. The van der Waals surface area contributed by atoms with Crippen LogP contribution in [0.2, 0.25) is 0 Å². The number of fused-ring (bicyclic) bond motifs is 3. The van der Waals surface area contributed by atoms with Crippen LogP contribution in [0.1, 0.15) is 23.1 Å². The molecule has 7 nitrogen and oxygen atoms in total. The molecule has 0 saturated heterocycles. The van der Waals surface area contributed by atoms with Crippen molar-refractivity contribution in [2.75, 3.05) is 7.11 Å². The predicted octanol–water partition coefficient (Wildman–Crippen LogP) is 4.43. The lowest BCUT2D eigenvalue weighted by atomic mass is 10.1. The maximum absolute atomic E-state index is 14.2. The molecular formula is C27H23FN4O3S. The van der Waals surface area contributed by atoms with Crippen molar-refractivity contribution >= 4 is 40.3 Å². The number of nitrogens with zero attached hydrogens (tertiary/aromatic N) is 3. The summed E-state index contributed by atoms with van der Waals surface area (Å²) in [5.41, 5.74) is 2.75. The number of nitrogens with one attached hydrogen (secondary N) is 1. The number of hydrogen-bond acceptors (Lipinski definition) is 6. The molecule has 0 fully saturated rings. The van der Waals surface area contributed by atoms with Crippen LogP contribution in [0, 0.1) is 5.82 Å². The van der Waals surface area contributed by atoms with E-state index in [0.717, 1.165) is 11.1 Å². The molecule has 2 aliphatic heterocycles. The number of methoxy groups -OCH3 is 1. The maximum Gasteiger partial charge on any atom is 0.259 e. The topological polar surface area (TPSA) is 83.4 Å². The molecule has 36 heavy (non-hydrogen) atoms.